The van der Waals surface area contributed by atoms with E-state index in [1.54, 1.807) is 0 Å². The van der Waals surface area contributed by atoms with Crippen LogP contribution in [0.15, 0.2) is 48.5 Å². The van der Waals surface area contributed by atoms with Crippen molar-refractivity contribution in [3.8, 4) is 11.4 Å². The van der Waals surface area contributed by atoms with E-state index in [4.69, 9.17) is 0 Å². The second-order valence-electron chi connectivity index (χ2n) is 7.60. The highest BCUT2D eigenvalue weighted by atomic mass is 16.2. The molecule has 1 atom stereocenters. The van der Waals surface area contributed by atoms with Crippen molar-refractivity contribution in [1.29, 1.82) is 0 Å². The van der Waals surface area contributed by atoms with Crippen LogP contribution < -0.4 is 10.6 Å². The van der Waals surface area contributed by atoms with Crippen LogP contribution >= 0.6 is 0 Å². The SMILES string of the molecule is Cc1ccc(-c2nc3n(n2)[C@H](CC(=O)Nc2ccc(C(C)C)cc2)C(=O)N3)cc1. The molecule has 29 heavy (non-hydrogen) atoms. The number of anilines is 2. The maximum Gasteiger partial charge on any atom is 0.252 e. The van der Waals surface area contributed by atoms with Gasteiger partial charge < -0.3 is 5.32 Å². The van der Waals surface area contributed by atoms with Crippen LogP contribution in [0.2, 0.25) is 0 Å². The minimum atomic E-state index is -0.716. The first kappa shape index (κ1) is 18.9. The number of aromatic nitrogens is 3. The zero-order valence-corrected chi connectivity index (χ0v) is 16.6. The Morgan fingerprint density at radius 2 is 1.83 bits per heavy atom. The second kappa shape index (κ2) is 7.50. The Labute approximate surface area is 169 Å². The van der Waals surface area contributed by atoms with Crippen LogP contribution in [0.3, 0.4) is 0 Å². The van der Waals surface area contributed by atoms with Crippen LogP contribution in [-0.2, 0) is 9.59 Å². The average molecular weight is 389 g/mol. The molecule has 2 N–H and O–H groups in total. The molecule has 0 bridgehead atoms. The van der Waals surface area contributed by atoms with Crippen LogP contribution in [-0.4, -0.2) is 26.6 Å². The summed E-state index contributed by atoms with van der Waals surface area (Å²) in [7, 11) is 0. The maximum atomic E-state index is 12.5. The van der Waals surface area contributed by atoms with Gasteiger partial charge in [0, 0.05) is 11.3 Å². The fourth-order valence-corrected chi connectivity index (χ4v) is 3.27. The van der Waals surface area contributed by atoms with E-state index in [9.17, 15) is 9.59 Å². The summed E-state index contributed by atoms with van der Waals surface area (Å²) in [6.07, 6.45) is -0.0124. The molecule has 0 saturated heterocycles. The van der Waals surface area contributed by atoms with Gasteiger partial charge in [-0.2, -0.15) is 4.98 Å². The van der Waals surface area contributed by atoms with Gasteiger partial charge in [-0.3, -0.25) is 14.9 Å². The second-order valence-corrected chi connectivity index (χ2v) is 7.60. The number of fused-ring (bicyclic) bond motifs is 1. The molecule has 0 radical (unpaired) electrons. The molecule has 0 spiro atoms. The highest BCUT2D eigenvalue weighted by molar-refractivity contribution is 6.01. The monoisotopic (exact) mass is 389 g/mol. The lowest BCUT2D eigenvalue weighted by molar-refractivity contribution is -0.123. The Bertz CT molecular complexity index is 1050. The van der Waals surface area contributed by atoms with Crippen molar-refractivity contribution < 1.29 is 9.59 Å². The topological polar surface area (TPSA) is 88.9 Å². The molecule has 4 rings (SSSR count). The Kier molecular flexibility index (Phi) is 4.88. The van der Waals surface area contributed by atoms with Gasteiger partial charge in [0.05, 0.1) is 6.42 Å². The van der Waals surface area contributed by atoms with E-state index < -0.39 is 6.04 Å². The van der Waals surface area contributed by atoms with Crippen LogP contribution in [0.25, 0.3) is 11.4 Å². The minimum absolute atomic E-state index is 0.0124. The Morgan fingerprint density at radius 1 is 1.14 bits per heavy atom. The molecular formula is C22H23N5O2. The molecule has 0 unspecified atom stereocenters. The summed E-state index contributed by atoms with van der Waals surface area (Å²) < 4.78 is 1.50. The first-order valence-corrected chi connectivity index (χ1v) is 9.65. The van der Waals surface area contributed by atoms with Crippen molar-refractivity contribution in [1.82, 2.24) is 14.8 Å². The van der Waals surface area contributed by atoms with Gasteiger partial charge in [0.2, 0.25) is 11.9 Å². The number of rotatable bonds is 5. The van der Waals surface area contributed by atoms with Crippen LogP contribution in [0.5, 0.6) is 0 Å². The van der Waals surface area contributed by atoms with Gasteiger partial charge in [-0.05, 0) is 30.5 Å². The third-order valence-electron chi connectivity index (χ3n) is 5.01. The molecule has 7 heteroatoms. The van der Waals surface area contributed by atoms with Gasteiger partial charge in [-0.1, -0.05) is 55.8 Å². The molecule has 2 amide bonds. The van der Waals surface area contributed by atoms with Crippen molar-refractivity contribution in [3.05, 3.63) is 59.7 Å². The van der Waals surface area contributed by atoms with Crippen molar-refractivity contribution in [2.24, 2.45) is 0 Å². The van der Waals surface area contributed by atoms with E-state index in [1.165, 1.54) is 10.2 Å². The van der Waals surface area contributed by atoms with Crippen molar-refractivity contribution in [3.63, 3.8) is 0 Å². The standard InChI is InChI=1S/C22H23N5O2/c1-13(2)15-8-10-17(11-9-15)23-19(28)12-18-21(29)25-22-24-20(26-27(18)22)16-6-4-14(3)5-7-16/h4-11,13,18H,12H2,1-3H3,(H,23,28)(H,24,25,26,29)/t18-/m1/s1. The van der Waals surface area contributed by atoms with Gasteiger partial charge in [-0.25, -0.2) is 4.68 Å². The molecule has 1 aromatic heterocycles. The number of benzene rings is 2. The molecule has 0 aliphatic carbocycles. The van der Waals surface area contributed by atoms with Gasteiger partial charge in [0.15, 0.2) is 5.82 Å². The number of nitrogens with zero attached hydrogens (tertiary/aromatic N) is 3. The Balaban J connectivity index is 1.47. The molecule has 0 fully saturated rings. The summed E-state index contributed by atoms with van der Waals surface area (Å²) in [6.45, 7) is 6.25. The number of aryl methyl sites for hydroxylation is 1. The molecule has 2 aromatic carbocycles. The lowest BCUT2D eigenvalue weighted by Crippen LogP contribution is -2.23. The zero-order valence-electron chi connectivity index (χ0n) is 16.6. The van der Waals surface area contributed by atoms with Gasteiger partial charge in [0.25, 0.3) is 5.91 Å². The Hall–Kier alpha value is -3.48. The predicted molar refractivity (Wildman–Crippen MR) is 112 cm³/mol. The number of amides is 2. The molecule has 3 aromatic rings. The number of hydrogen-bond acceptors (Lipinski definition) is 4. The summed E-state index contributed by atoms with van der Waals surface area (Å²) in [4.78, 5) is 29.2. The molecule has 2 heterocycles. The molecule has 148 valence electrons. The normalized spacial score (nSPS) is 15.3. The number of carbonyl (C=O) groups is 2. The molecule has 0 saturated carbocycles. The number of hydrogen-bond donors (Lipinski definition) is 2. The fraction of sp³-hybridized carbons (Fsp3) is 0.273. The largest absolute Gasteiger partial charge is 0.326 e. The molecule has 1 aliphatic heterocycles. The molecule has 7 nitrogen and oxygen atoms in total. The van der Waals surface area contributed by atoms with E-state index in [0.29, 0.717) is 23.4 Å². The van der Waals surface area contributed by atoms with Crippen molar-refractivity contribution >= 4 is 23.5 Å². The first-order valence-electron chi connectivity index (χ1n) is 9.65. The van der Waals surface area contributed by atoms with Gasteiger partial charge in [0.1, 0.15) is 6.04 Å². The maximum absolute atomic E-state index is 12.5. The highest BCUT2D eigenvalue weighted by Crippen LogP contribution is 2.28. The Morgan fingerprint density at radius 3 is 2.48 bits per heavy atom. The lowest BCUT2D eigenvalue weighted by atomic mass is 10.0. The highest BCUT2D eigenvalue weighted by Gasteiger charge is 2.35. The van der Waals surface area contributed by atoms with E-state index in [1.807, 2.05) is 55.5 Å². The van der Waals surface area contributed by atoms with E-state index in [-0.39, 0.29) is 18.2 Å². The van der Waals surface area contributed by atoms with E-state index in [0.717, 1.165) is 11.1 Å². The zero-order chi connectivity index (χ0) is 20.5. The average Bonchev–Trinajstić information content (AvgIpc) is 3.21. The third-order valence-corrected chi connectivity index (χ3v) is 5.01. The van der Waals surface area contributed by atoms with E-state index >= 15 is 0 Å². The smallest absolute Gasteiger partial charge is 0.252 e. The molecular weight excluding hydrogens is 366 g/mol. The summed E-state index contributed by atoms with van der Waals surface area (Å²) in [5.74, 6) is 0.790. The van der Waals surface area contributed by atoms with Crippen molar-refractivity contribution in [2.75, 3.05) is 10.6 Å². The summed E-state index contributed by atoms with van der Waals surface area (Å²) in [5.41, 5.74) is 3.91. The predicted octanol–water partition coefficient (Wildman–Crippen LogP) is 3.90. The number of nitrogens with one attached hydrogen (secondary N) is 2. The van der Waals surface area contributed by atoms with Crippen molar-refractivity contribution in [2.45, 2.75) is 39.2 Å². The minimum Gasteiger partial charge on any atom is -0.326 e. The first-order chi connectivity index (χ1) is 13.9. The lowest BCUT2D eigenvalue weighted by Gasteiger charge is -2.11. The molecule has 1 aliphatic rings. The van der Waals surface area contributed by atoms with Crippen LogP contribution in [0, 0.1) is 6.92 Å². The quantitative estimate of drug-likeness (QED) is 0.693. The van der Waals surface area contributed by atoms with E-state index in [2.05, 4.69) is 34.6 Å². The summed E-state index contributed by atoms with van der Waals surface area (Å²) in [6, 6.07) is 14.8. The number of carbonyl (C=O) groups excluding carboxylic acids is 2. The third kappa shape index (κ3) is 3.89. The summed E-state index contributed by atoms with van der Waals surface area (Å²) in [5, 5.41) is 10.0. The van der Waals surface area contributed by atoms with Gasteiger partial charge >= 0.3 is 0 Å². The van der Waals surface area contributed by atoms with Crippen LogP contribution in [0.1, 0.15) is 43.4 Å². The van der Waals surface area contributed by atoms with Gasteiger partial charge in [-0.15, -0.1) is 5.10 Å². The summed E-state index contributed by atoms with van der Waals surface area (Å²) >= 11 is 0. The van der Waals surface area contributed by atoms with Crippen LogP contribution in [0.4, 0.5) is 11.6 Å². The fourth-order valence-electron chi connectivity index (χ4n) is 3.27.